The van der Waals surface area contributed by atoms with Crippen molar-refractivity contribution in [1.82, 2.24) is 5.32 Å². The summed E-state index contributed by atoms with van der Waals surface area (Å²) in [5, 5.41) is 3.72. The number of nitrogens with one attached hydrogen (secondary N) is 1. The minimum absolute atomic E-state index is 0.482. The molecule has 2 aliphatic rings. The molecule has 1 saturated heterocycles. The van der Waals surface area contributed by atoms with Gasteiger partial charge in [-0.2, -0.15) is 0 Å². The lowest BCUT2D eigenvalue weighted by Crippen LogP contribution is -2.28. The molecule has 1 heterocycles. The monoisotopic (exact) mass is 275 g/mol. The zero-order chi connectivity index (χ0) is 13.8. The Kier molecular flexibility index (Phi) is 4.58. The zero-order valence-electron chi connectivity index (χ0n) is 12.4. The highest BCUT2D eigenvalue weighted by atomic mass is 16.5. The van der Waals surface area contributed by atoms with Gasteiger partial charge in [0, 0.05) is 12.6 Å². The van der Waals surface area contributed by atoms with Crippen molar-refractivity contribution in [3.63, 3.8) is 0 Å². The third kappa shape index (κ3) is 3.15. The Morgan fingerprint density at radius 3 is 3.05 bits per heavy atom. The summed E-state index contributed by atoms with van der Waals surface area (Å²) in [7, 11) is 1.74. The summed E-state index contributed by atoms with van der Waals surface area (Å²) in [4.78, 5) is 0. The molecule has 1 aromatic carbocycles. The van der Waals surface area contributed by atoms with Crippen LogP contribution in [0.1, 0.15) is 49.3 Å². The molecule has 1 fully saturated rings. The fourth-order valence-electron chi connectivity index (χ4n) is 3.41. The van der Waals surface area contributed by atoms with Crippen LogP contribution in [0.2, 0.25) is 0 Å². The van der Waals surface area contributed by atoms with E-state index in [2.05, 4.69) is 23.5 Å². The minimum atomic E-state index is 0.482. The van der Waals surface area contributed by atoms with Crippen LogP contribution in [0.15, 0.2) is 18.2 Å². The molecular weight excluding hydrogens is 250 g/mol. The smallest absolute Gasteiger partial charge is 0.119 e. The van der Waals surface area contributed by atoms with E-state index in [0.717, 1.165) is 25.3 Å². The molecule has 110 valence electrons. The molecular formula is C17H25NO2. The first-order valence-corrected chi connectivity index (χ1v) is 7.88. The molecule has 1 N–H and O–H groups in total. The molecule has 0 radical (unpaired) electrons. The van der Waals surface area contributed by atoms with Crippen molar-refractivity contribution < 1.29 is 9.47 Å². The number of methoxy groups -OCH3 is 1. The van der Waals surface area contributed by atoms with E-state index in [-0.39, 0.29) is 0 Å². The highest BCUT2D eigenvalue weighted by Gasteiger charge is 2.21. The Morgan fingerprint density at radius 1 is 1.30 bits per heavy atom. The molecule has 1 aliphatic heterocycles. The van der Waals surface area contributed by atoms with Crippen LogP contribution < -0.4 is 10.1 Å². The Balaban J connectivity index is 1.60. The molecule has 3 rings (SSSR count). The summed E-state index contributed by atoms with van der Waals surface area (Å²) in [6.07, 6.45) is 7.78. The van der Waals surface area contributed by atoms with Gasteiger partial charge in [-0.1, -0.05) is 6.07 Å². The maximum absolute atomic E-state index is 5.69. The van der Waals surface area contributed by atoms with Crippen LogP contribution in [0.5, 0.6) is 5.75 Å². The van der Waals surface area contributed by atoms with Crippen molar-refractivity contribution in [1.29, 1.82) is 0 Å². The van der Waals surface area contributed by atoms with Crippen LogP contribution in [0, 0.1) is 0 Å². The lowest BCUT2D eigenvalue weighted by Gasteiger charge is -2.27. The summed E-state index contributed by atoms with van der Waals surface area (Å²) in [6, 6.07) is 6.99. The van der Waals surface area contributed by atoms with Crippen LogP contribution >= 0.6 is 0 Å². The molecule has 0 spiro atoms. The van der Waals surface area contributed by atoms with Crippen LogP contribution in [-0.4, -0.2) is 26.4 Å². The average Bonchev–Trinajstić information content (AvgIpc) is 3.00. The van der Waals surface area contributed by atoms with Gasteiger partial charge in [-0.3, -0.25) is 0 Å². The fraction of sp³-hybridized carbons (Fsp3) is 0.647. The number of ether oxygens (including phenoxy) is 2. The molecule has 2 unspecified atom stereocenters. The van der Waals surface area contributed by atoms with Gasteiger partial charge in [0.15, 0.2) is 0 Å². The van der Waals surface area contributed by atoms with Crippen LogP contribution in [0.25, 0.3) is 0 Å². The van der Waals surface area contributed by atoms with Crippen LogP contribution in [-0.2, 0) is 11.2 Å². The Labute approximate surface area is 121 Å². The van der Waals surface area contributed by atoms with Crippen molar-refractivity contribution in [2.24, 2.45) is 0 Å². The van der Waals surface area contributed by atoms with Gasteiger partial charge in [0.2, 0.25) is 0 Å². The van der Waals surface area contributed by atoms with E-state index in [1.807, 2.05) is 0 Å². The molecule has 0 amide bonds. The largest absolute Gasteiger partial charge is 0.497 e. The topological polar surface area (TPSA) is 30.5 Å². The number of hydrogen-bond acceptors (Lipinski definition) is 3. The molecule has 1 aliphatic carbocycles. The Hall–Kier alpha value is -1.06. The zero-order valence-corrected chi connectivity index (χ0v) is 12.4. The van der Waals surface area contributed by atoms with E-state index in [1.54, 1.807) is 7.11 Å². The third-order valence-corrected chi connectivity index (χ3v) is 4.55. The summed E-state index contributed by atoms with van der Waals surface area (Å²) in [6.45, 7) is 2.00. The van der Waals surface area contributed by atoms with E-state index in [9.17, 15) is 0 Å². The molecule has 1 aromatic rings. The van der Waals surface area contributed by atoms with Gasteiger partial charge in [0.05, 0.1) is 13.2 Å². The quantitative estimate of drug-likeness (QED) is 0.895. The number of hydrogen-bond donors (Lipinski definition) is 1. The minimum Gasteiger partial charge on any atom is -0.497 e. The standard InChI is InChI=1S/C17H25NO2/c1-19-15-8-7-13-4-2-6-17(16(13)12-15)18-10-9-14-5-3-11-20-14/h7-8,12,14,17-18H,2-6,9-11H2,1H3. The molecule has 3 nitrogen and oxygen atoms in total. The number of fused-ring (bicyclic) bond motifs is 1. The molecule has 0 aromatic heterocycles. The van der Waals surface area contributed by atoms with Crippen molar-refractivity contribution in [3.8, 4) is 5.75 Å². The van der Waals surface area contributed by atoms with Crippen molar-refractivity contribution in [2.45, 2.75) is 50.7 Å². The van der Waals surface area contributed by atoms with E-state index in [1.165, 1.54) is 43.2 Å². The second-order valence-electron chi connectivity index (χ2n) is 5.89. The van der Waals surface area contributed by atoms with Crippen LogP contribution in [0.3, 0.4) is 0 Å². The van der Waals surface area contributed by atoms with Crippen LogP contribution in [0.4, 0.5) is 0 Å². The summed E-state index contributed by atoms with van der Waals surface area (Å²) in [5.41, 5.74) is 2.91. The van der Waals surface area contributed by atoms with E-state index in [0.29, 0.717) is 12.1 Å². The van der Waals surface area contributed by atoms with Gasteiger partial charge in [0.25, 0.3) is 0 Å². The van der Waals surface area contributed by atoms with Gasteiger partial charge >= 0.3 is 0 Å². The molecule has 3 heteroatoms. The second kappa shape index (κ2) is 6.59. The second-order valence-corrected chi connectivity index (χ2v) is 5.89. The maximum Gasteiger partial charge on any atom is 0.119 e. The first-order chi connectivity index (χ1) is 9.86. The predicted molar refractivity (Wildman–Crippen MR) is 80.3 cm³/mol. The van der Waals surface area contributed by atoms with Gasteiger partial charge in [0.1, 0.15) is 5.75 Å². The molecule has 20 heavy (non-hydrogen) atoms. The number of benzene rings is 1. The molecule has 0 bridgehead atoms. The van der Waals surface area contributed by atoms with Gasteiger partial charge in [-0.05, 0) is 68.3 Å². The third-order valence-electron chi connectivity index (χ3n) is 4.55. The first kappa shape index (κ1) is 13.9. The van der Waals surface area contributed by atoms with E-state index < -0.39 is 0 Å². The Morgan fingerprint density at radius 2 is 2.25 bits per heavy atom. The Bertz CT molecular complexity index is 441. The molecule has 2 atom stereocenters. The fourth-order valence-corrected chi connectivity index (χ4v) is 3.41. The van der Waals surface area contributed by atoms with Crippen molar-refractivity contribution >= 4 is 0 Å². The average molecular weight is 275 g/mol. The van der Waals surface area contributed by atoms with Gasteiger partial charge in [-0.15, -0.1) is 0 Å². The first-order valence-electron chi connectivity index (χ1n) is 7.88. The summed E-state index contributed by atoms with van der Waals surface area (Å²) >= 11 is 0. The van der Waals surface area contributed by atoms with Gasteiger partial charge in [-0.25, -0.2) is 0 Å². The van der Waals surface area contributed by atoms with Crippen molar-refractivity contribution in [3.05, 3.63) is 29.3 Å². The van der Waals surface area contributed by atoms with E-state index >= 15 is 0 Å². The SMILES string of the molecule is COc1ccc2c(c1)C(NCCC1CCCO1)CCC2. The van der Waals surface area contributed by atoms with E-state index in [4.69, 9.17) is 9.47 Å². The van der Waals surface area contributed by atoms with Crippen molar-refractivity contribution in [2.75, 3.05) is 20.3 Å². The maximum atomic E-state index is 5.69. The summed E-state index contributed by atoms with van der Waals surface area (Å²) < 4.78 is 11.1. The number of rotatable bonds is 5. The highest BCUT2D eigenvalue weighted by Crippen LogP contribution is 2.32. The summed E-state index contributed by atoms with van der Waals surface area (Å²) in [5.74, 6) is 0.969. The normalized spacial score (nSPS) is 25.4. The lowest BCUT2D eigenvalue weighted by molar-refractivity contribution is 0.103. The lowest BCUT2D eigenvalue weighted by atomic mass is 9.87. The highest BCUT2D eigenvalue weighted by molar-refractivity contribution is 5.39. The molecule has 0 saturated carbocycles. The van der Waals surface area contributed by atoms with Gasteiger partial charge < -0.3 is 14.8 Å². The number of aryl methyl sites for hydroxylation is 1. The predicted octanol–water partition coefficient (Wildman–Crippen LogP) is 3.23.